The largest absolute Gasteiger partial charge is 0.462 e. The molecule has 0 amide bonds. The first kappa shape index (κ1) is 20.8. The van der Waals surface area contributed by atoms with Crippen molar-refractivity contribution in [1.29, 1.82) is 0 Å². The van der Waals surface area contributed by atoms with Crippen LogP contribution in [0.25, 0.3) is 10.9 Å². The Morgan fingerprint density at radius 2 is 1.83 bits per heavy atom. The van der Waals surface area contributed by atoms with Crippen molar-refractivity contribution in [3.8, 4) is 0 Å². The van der Waals surface area contributed by atoms with Gasteiger partial charge in [0.2, 0.25) is 0 Å². The minimum Gasteiger partial charge on any atom is -0.462 e. The zero-order valence-corrected chi connectivity index (χ0v) is 17.3. The standard InChI is InChI=1S/C24H28N2O3/c1-4-13-29-24(28)19-11-12-22-20(14-19)23(27)21(17(3)25-22)16-26(5-2)15-18-9-7-6-8-10-18/h6-12,14H,4-5,13,15-16H2,1-3H3,(H,25,27). The van der Waals surface area contributed by atoms with Gasteiger partial charge in [0.1, 0.15) is 0 Å². The van der Waals surface area contributed by atoms with E-state index in [1.165, 1.54) is 5.56 Å². The van der Waals surface area contributed by atoms with Crippen molar-refractivity contribution < 1.29 is 9.53 Å². The summed E-state index contributed by atoms with van der Waals surface area (Å²) in [6.07, 6.45) is 0.761. The number of H-pyrrole nitrogens is 1. The normalized spacial score (nSPS) is 11.2. The van der Waals surface area contributed by atoms with Crippen molar-refractivity contribution >= 4 is 16.9 Å². The van der Waals surface area contributed by atoms with E-state index >= 15 is 0 Å². The molecule has 0 fully saturated rings. The summed E-state index contributed by atoms with van der Waals surface area (Å²) < 4.78 is 5.21. The SMILES string of the molecule is CCCOC(=O)c1ccc2[nH]c(C)c(CN(CC)Cc3ccccc3)c(=O)c2c1. The number of pyridine rings is 1. The van der Waals surface area contributed by atoms with Gasteiger partial charge in [0.05, 0.1) is 12.2 Å². The molecule has 5 nitrogen and oxygen atoms in total. The van der Waals surface area contributed by atoms with Gasteiger partial charge < -0.3 is 9.72 Å². The van der Waals surface area contributed by atoms with Crippen LogP contribution in [0.4, 0.5) is 0 Å². The fourth-order valence-electron chi connectivity index (χ4n) is 3.39. The lowest BCUT2D eigenvalue weighted by molar-refractivity contribution is 0.0505. The van der Waals surface area contributed by atoms with Crippen LogP contribution in [0.15, 0.2) is 53.3 Å². The molecule has 2 aromatic carbocycles. The van der Waals surface area contributed by atoms with Crippen LogP contribution in [0, 0.1) is 6.92 Å². The number of aromatic nitrogens is 1. The number of rotatable bonds is 8. The van der Waals surface area contributed by atoms with Crippen LogP contribution >= 0.6 is 0 Å². The van der Waals surface area contributed by atoms with E-state index in [0.717, 1.165) is 36.3 Å². The highest BCUT2D eigenvalue weighted by Gasteiger charge is 2.15. The maximum absolute atomic E-state index is 13.2. The molecule has 29 heavy (non-hydrogen) atoms. The van der Waals surface area contributed by atoms with Gasteiger partial charge in [-0.3, -0.25) is 9.69 Å². The number of fused-ring (bicyclic) bond motifs is 1. The van der Waals surface area contributed by atoms with Gasteiger partial charge in [-0.15, -0.1) is 0 Å². The van der Waals surface area contributed by atoms with Crippen molar-refractivity contribution in [2.45, 2.75) is 40.3 Å². The Hall–Kier alpha value is -2.92. The third-order valence-corrected chi connectivity index (χ3v) is 5.06. The van der Waals surface area contributed by atoms with E-state index in [2.05, 4.69) is 28.9 Å². The first-order valence-corrected chi connectivity index (χ1v) is 10.1. The van der Waals surface area contributed by atoms with Gasteiger partial charge >= 0.3 is 5.97 Å². The maximum Gasteiger partial charge on any atom is 0.338 e. The summed E-state index contributed by atoms with van der Waals surface area (Å²) in [5, 5.41) is 0.521. The lowest BCUT2D eigenvalue weighted by Gasteiger charge is -2.21. The topological polar surface area (TPSA) is 62.4 Å². The average Bonchev–Trinajstić information content (AvgIpc) is 2.74. The second-order valence-electron chi connectivity index (χ2n) is 7.24. The smallest absolute Gasteiger partial charge is 0.338 e. The Morgan fingerprint density at radius 3 is 2.52 bits per heavy atom. The van der Waals surface area contributed by atoms with E-state index in [1.807, 2.05) is 32.0 Å². The molecule has 3 rings (SSSR count). The fraction of sp³-hybridized carbons (Fsp3) is 0.333. The molecule has 0 unspecified atom stereocenters. The minimum absolute atomic E-state index is 0.0343. The van der Waals surface area contributed by atoms with Crippen molar-refractivity contribution in [1.82, 2.24) is 9.88 Å². The number of benzene rings is 2. The highest BCUT2D eigenvalue weighted by molar-refractivity contribution is 5.94. The molecule has 1 N–H and O–H groups in total. The summed E-state index contributed by atoms with van der Waals surface area (Å²) in [5.41, 5.74) is 3.90. The second-order valence-corrected chi connectivity index (χ2v) is 7.24. The second kappa shape index (κ2) is 9.52. The van der Waals surface area contributed by atoms with E-state index in [4.69, 9.17) is 4.74 Å². The number of hydrogen-bond acceptors (Lipinski definition) is 4. The summed E-state index contributed by atoms with van der Waals surface area (Å²) in [7, 11) is 0. The number of carbonyl (C=O) groups is 1. The Kier molecular flexibility index (Phi) is 6.83. The van der Waals surface area contributed by atoms with Crippen LogP contribution in [-0.2, 0) is 17.8 Å². The van der Waals surface area contributed by atoms with Crippen molar-refractivity contribution in [3.63, 3.8) is 0 Å². The van der Waals surface area contributed by atoms with Crippen LogP contribution in [0.2, 0.25) is 0 Å². The lowest BCUT2D eigenvalue weighted by atomic mass is 10.1. The molecular formula is C24H28N2O3. The molecule has 0 saturated heterocycles. The maximum atomic E-state index is 13.2. The number of hydrogen-bond donors (Lipinski definition) is 1. The van der Waals surface area contributed by atoms with Crippen LogP contribution in [-0.4, -0.2) is 29.0 Å². The molecule has 152 valence electrons. The number of nitrogens with zero attached hydrogens (tertiary/aromatic N) is 1. The molecule has 0 atom stereocenters. The fourth-order valence-corrected chi connectivity index (χ4v) is 3.39. The third kappa shape index (κ3) is 4.93. The molecule has 5 heteroatoms. The third-order valence-electron chi connectivity index (χ3n) is 5.06. The first-order valence-electron chi connectivity index (χ1n) is 10.1. The van der Waals surface area contributed by atoms with Crippen LogP contribution in [0.5, 0.6) is 0 Å². The predicted molar refractivity (Wildman–Crippen MR) is 116 cm³/mol. The highest BCUT2D eigenvalue weighted by atomic mass is 16.5. The number of aromatic amines is 1. The average molecular weight is 392 g/mol. The molecule has 0 aliphatic carbocycles. The number of nitrogens with one attached hydrogen (secondary N) is 1. The van der Waals surface area contributed by atoms with Gasteiger partial charge in [0.25, 0.3) is 0 Å². The van der Waals surface area contributed by atoms with Gasteiger partial charge in [-0.25, -0.2) is 4.79 Å². The predicted octanol–water partition coefficient (Wildman–Crippen LogP) is 4.43. The lowest BCUT2D eigenvalue weighted by Crippen LogP contribution is -2.27. The molecule has 1 aromatic heterocycles. The van der Waals surface area contributed by atoms with Crippen LogP contribution in [0.3, 0.4) is 0 Å². The highest BCUT2D eigenvalue weighted by Crippen LogP contribution is 2.17. The summed E-state index contributed by atoms with van der Waals surface area (Å²) in [5.74, 6) is -0.394. The molecular weight excluding hydrogens is 364 g/mol. The molecule has 1 heterocycles. The Bertz CT molecular complexity index is 1040. The van der Waals surface area contributed by atoms with Crippen molar-refractivity contribution in [2.75, 3.05) is 13.2 Å². The van der Waals surface area contributed by atoms with E-state index in [0.29, 0.717) is 24.1 Å². The summed E-state index contributed by atoms with van der Waals surface area (Å²) in [6, 6.07) is 15.3. The Labute approximate surface area is 171 Å². The molecule has 0 bridgehead atoms. The van der Waals surface area contributed by atoms with Crippen LogP contribution in [0.1, 0.15) is 47.4 Å². The molecule has 0 radical (unpaired) electrons. The van der Waals surface area contributed by atoms with E-state index < -0.39 is 5.97 Å². The number of carbonyl (C=O) groups excluding carboxylic acids is 1. The van der Waals surface area contributed by atoms with Gasteiger partial charge in [-0.1, -0.05) is 44.2 Å². The van der Waals surface area contributed by atoms with Gasteiger partial charge in [0, 0.05) is 35.2 Å². The van der Waals surface area contributed by atoms with Crippen LogP contribution < -0.4 is 5.43 Å². The van der Waals surface area contributed by atoms with E-state index in [-0.39, 0.29) is 5.43 Å². The van der Waals surface area contributed by atoms with Gasteiger partial charge in [-0.05, 0) is 43.7 Å². The number of ether oxygens (including phenoxy) is 1. The molecule has 0 saturated carbocycles. The van der Waals surface area contributed by atoms with E-state index in [1.54, 1.807) is 18.2 Å². The first-order chi connectivity index (χ1) is 14.0. The molecule has 0 aliphatic heterocycles. The van der Waals surface area contributed by atoms with Crippen molar-refractivity contribution in [3.05, 3.63) is 81.1 Å². The van der Waals surface area contributed by atoms with Gasteiger partial charge in [0.15, 0.2) is 5.43 Å². The van der Waals surface area contributed by atoms with Gasteiger partial charge in [-0.2, -0.15) is 0 Å². The summed E-state index contributed by atoms with van der Waals surface area (Å²) in [6.45, 7) is 8.49. The minimum atomic E-state index is -0.394. The quantitative estimate of drug-likeness (QED) is 0.576. The number of aryl methyl sites for hydroxylation is 1. The Balaban J connectivity index is 1.92. The summed E-state index contributed by atoms with van der Waals surface area (Å²) in [4.78, 5) is 31.0. The van der Waals surface area contributed by atoms with E-state index in [9.17, 15) is 9.59 Å². The molecule has 0 aliphatic rings. The number of esters is 1. The zero-order valence-electron chi connectivity index (χ0n) is 17.3. The molecule has 3 aromatic rings. The Morgan fingerprint density at radius 1 is 1.07 bits per heavy atom. The zero-order chi connectivity index (χ0) is 20.8. The summed E-state index contributed by atoms with van der Waals surface area (Å²) >= 11 is 0. The van der Waals surface area contributed by atoms with Crippen molar-refractivity contribution in [2.24, 2.45) is 0 Å². The monoisotopic (exact) mass is 392 g/mol. The molecule has 0 spiro atoms.